The summed E-state index contributed by atoms with van der Waals surface area (Å²) in [6.07, 6.45) is 0.779. The molecule has 1 aliphatic heterocycles. The van der Waals surface area contributed by atoms with E-state index in [9.17, 15) is 12.8 Å². The van der Waals surface area contributed by atoms with Gasteiger partial charge in [-0.15, -0.1) is 0 Å². The Hall–Kier alpha value is -0.700. The van der Waals surface area contributed by atoms with Gasteiger partial charge in [0.15, 0.2) is 0 Å². The van der Waals surface area contributed by atoms with Crippen LogP contribution in [0.4, 0.5) is 4.39 Å². The van der Waals surface area contributed by atoms with Crippen molar-refractivity contribution in [2.75, 3.05) is 24.6 Å². The van der Waals surface area contributed by atoms with E-state index in [4.69, 9.17) is 18.0 Å². The number of halogens is 1. The SMILES string of the molecule is NC(=S)c1c(F)cccc1S(=O)(=O)N1CCCSCC1. The van der Waals surface area contributed by atoms with Gasteiger partial charge < -0.3 is 5.73 Å². The summed E-state index contributed by atoms with van der Waals surface area (Å²) in [6.45, 7) is 0.850. The minimum atomic E-state index is -3.77. The maximum atomic E-state index is 13.8. The molecule has 1 aromatic rings. The third-order valence-corrected chi connectivity index (χ3v) is 6.21. The highest BCUT2D eigenvalue weighted by Crippen LogP contribution is 2.24. The maximum Gasteiger partial charge on any atom is 0.243 e. The van der Waals surface area contributed by atoms with Crippen LogP contribution in [0.2, 0.25) is 0 Å². The van der Waals surface area contributed by atoms with E-state index in [2.05, 4.69) is 0 Å². The molecule has 1 heterocycles. The highest BCUT2D eigenvalue weighted by atomic mass is 32.2. The Kier molecular flexibility index (Phi) is 5.00. The van der Waals surface area contributed by atoms with Gasteiger partial charge in [0.2, 0.25) is 10.0 Å². The van der Waals surface area contributed by atoms with E-state index in [1.807, 2.05) is 0 Å². The molecule has 1 fully saturated rings. The summed E-state index contributed by atoms with van der Waals surface area (Å²) in [5, 5.41) is 0. The molecule has 1 aromatic carbocycles. The molecule has 0 unspecified atom stereocenters. The monoisotopic (exact) mass is 334 g/mol. The number of sulfonamides is 1. The molecule has 0 aliphatic carbocycles. The number of hydrogen-bond donors (Lipinski definition) is 1. The predicted molar refractivity (Wildman–Crippen MR) is 83.0 cm³/mol. The van der Waals surface area contributed by atoms with E-state index in [0.29, 0.717) is 13.1 Å². The topological polar surface area (TPSA) is 63.4 Å². The number of rotatable bonds is 3. The maximum absolute atomic E-state index is 13.8. The van der Waals surface area contributed by atoms with E-state index in [0.717, 1.165) is 24.0 Å². The van der Waals surface area contributed by atoms with Crippen LogP contribution in [0.5, 0.6) is 0 Å². The van der Waals surface area contributed by atoms with Gasteiger partial charge in [0.25, 0.3) is 0 Å². The predicted octanol–water partition coefficient (Wildman–Crippen LogP) is 1.59. The van der Waals surface area contributed by atoms with Crippen LogP contribution in [0.3, 0.4) is 0 Å². The fourth-order valence-corrected chi connectivity index (χ4v) is 5.03. The highest BCUT2D eigenvalue weighted by Gasteiger charge is 2.29. The zero-order chi connectivity index (χ0) is 14.8. The molecule has 0 amide bonds. The van der Waals surface area contributed by atoms with E-state index in [-0.39, 0.29) is 15.4 Å². The van der Waals surface area contributed by atoms with Crippen molar-refractivity contribution in [2.24, 2.45) is 5.73 Å². The molecule has 110 valence electrons. The molecule has 1 saturated heterocycles. The first-order chi connectivity index (χ1) is 9.44. The third kappa shape index (κ3) is 3.13. The number of thioether (sulfide) groups is 1. The van der Waals surface area contributed by atoms with Crippen LogP contribution < -0.4 is 5.73 Å². The lowest BCUT2D eigenvalue weighted by Crippen LogP contribution is -2.34. The molecule has 0 saturated carbocycles. The van der Waals surface area contributed by atoms with Gasteiger partial charge in [-0.3, -0.25) is 0 Å². The average molecular weight is 334 g/mol. The number of hydrogen-bond acceptors (Lipinski definition) is 4. The second kappa shape index (κ2) is 6.38. The zero-order valence-electron chi connectivity index (χ0n) is 10.7. The Morgan fingerprint density at radius 3 is 2.80 bits per heavy atom. The molecule has 0 radical (unpaired) electrons. The lowest BCUT2D eigenvalue weighted by Gasteiger charge is -2.21. The molecule has 4 nitrogen and oxygen atoms in total. The Morgan fingerprint density at radius 1 is 1.35 bits per heavy atom. The first-order valence-corrected chi connectivity index (χ1v) is 9.11. The summed E-state index contributed by atoms with van der Waals surface area (Å²) in [7, 11) is -3.77. The summed E-state index contributed by atoms with van der Waals surface area (Å²) < 4.78 is 40.5. The van der Waals surface area contributed by atoms with E-state index >= 15 is 0 Å². The van der Waals surface area contributed by atoms with Gasteiger partial charge in [0.05, 0.1) is 10.5 Å². The normalized spacial score (nSPS) is 17.6. The van der Waals surface area contributed by atoms with Crippen LogP contribution in [0, 0.1) is 5.82 Å². The van der Waals surface area contributed by atoms with Crippen molar-refractivity contribution in [1.82, 2.24) is 4.31 Å². The second-order valence-electron chi connectivity index (χ2n) is 4.35. The first-order valence-electron chi connectivity index (χ1n) is 6.11. The van der Waals surface area contributed by atoms with Gasteiger partial charge in [0.1, 0.15) is 10.8 Å². The molecule has 0 spiro atoms. The van der Waals surface area contributed by atoms with Gasteiger partial charge in [-0.25, -0.2) is 12.8 Å². The number of benzene rings is 1. The Labute approximate surface area is 127 Å². The Bertz CT molecular complexity index is 611. The molecular formula is C12H15FN2O2S3. The van der Waals surface area contributed by atoms with Gasteiger partial charge in [-0.2, -0.15) is 16.1 Å². The van der Waals surface area contributed by atoms with Crippen LogP contribution in [-0.2, 0) is 10.0 Å². The summed E-state index contributed by atoms with van der Waals surface area (Å²) in [5.74, 6) is 0.955. The fourth-order valence-electron chi connectivity index (χ4n) is 2.06. The summed E-state index contributed by atoms with van der Waals surface area (Å²) >= 11 is 6.50. The number of thiocarbonyl (C=S) groups is 1. The molecule has 2 rings (SSSR count). The molecule has 1 aliphatic rings. The molecule has 8 heteroatoms. The number of nitrogens with zero attached hydrogens (tertiary/aromatic N) is 1. The molecular weight excluding hydrogens is 319 g/mol. The first kappa shape index (κ1) is 15.7. The second-order valence-corrected chi connectivity index (χ2v) is 7.92. The number of nitrogens with two attached hydrogens (primary N) is 1. The van der Waals surface area contributed by atoms with Gasteiger partial charge in [0, 0.05) is 18.8 Å². The van der Waals surface area contributed by atoms with Crippen molar-refractivity contribution in [3.8, 4) is 0 Å². The summed E-state index contributed by atoms with van der Waals surface area (Å²) in [4.78, 5) is -0.386. The lowest BCUT2D eigenvalue weighted by molar-refractivity contribution is 0.434. The van der Waals surface area contributed by atoms with E-state index < -0.39 is 15.8 Å². The molecule has 20 heavy (non-hydrogen) atoms. The molecule has 0 atom stereocenters. The van der Waals surface area contributed by atoms with Crippen molar-refractivity contribution in [3.05, 3.63) is 29.6 Å². The van der Waals surface area contributed by atoms with Crippen LogP contribution in [0.15, 0.2) is 23.1 Å². The summed E-state index contributed by atoms with van der Waals surface area (Å²) in [5.41, 5.74) is 5.28. The van der Waals surface area contributed by atoms with Crippen LogP contribution >= 0.6 is 24.0 Å². The quantitative estimate of drug-likeness (QED) is 0.851. The van der Waals surface area contributed by atoms with Crippen molar-refractivity contribution >= 4 is 39.0 Å². The van der Waals surface area contributed by atoms with Gasteiger partial charge >= 0.3 is 0 Å². The van der Waals surface area contributed by atoms with Crippen molar-refractivity contribution in [2.45, 2.75) is 11.3 Å². The van der Waals surface area contributed by atoms with Crippen molar-refractivity contribution in [1.29, 1.82) is 0 Å². The standard InChI is InChI=1S/C12H15FN2O2S3/c13-9-3-1-4-10(11(9)12(14)18)20(16,17)15-5-2-7-19-8-6-15/h1,3-4H,2,5-8H2,(H2,14,18). The van der Waals surface area contributed by atoms with E-state index in [1.54, 1.807) is 11.8 Å². The summed E-state index contributed by atoms with van der Waals surface area (Å²) in [6, 6.07) is 3.87. The molecule has 2 N–H and O–H groups in total. The Morgan fingerprint density at radius 2 is 2.10 bits per heavy atom. The minimum Gasteiger partial charge on any atom is -0.389 e. The van der Waals surface area contributed by atoms with Crippen LogP contribution in [0.25, 0.3) is 0 Å². The van der Waals surface area contributed by atoms with Crippen LogP contribution in [-0.4, -0.2) is 42.3 Å². The zero-order valence-corrected chi connectivity index (χ0v) is 13.2. The Balaban J connectivity index is 2.48. The highest BCUT2D eigenvalue weighted by molar-refractivity contribution is 7.99. The fraction of sp³-hybridized carbons (Fsp3) is 0.417. The largest absolute Gasteiger partial charge is 0.389 e. The van der Waals surface area contributed by atoms with E-state index in [1.165, 1.54) is 16.4 Å². The molecule has 0 aromatic heterocycles. The third-order valence-electron chi connectivity index (χ3n) is 3.02. The van der Waals surface area contributed by atoms with Gasteiger partial charge in [-0.1, -0.05) is 18.3 Å². The minimum absolute atomic E-state index is 0.142. The van der Waals surface area contributed by atoms with Gasteiger partial charge in [-0.05, 0) is 24.3 Å². The van der Waals surface area contributed by atoms with Crippen molar-refractivity contribution < 1.29 is 12.8 Å². The smallest absolute Gasteiger partial charge is 0.243 e. The molecule has 0 bridgehead atoms. The van der Waals surface area contributed by atoms with Crippen LogP contribution in [0.1, 0.15) is 12.0 Å². The average Bonchev–Trinajstić information content (AvgIpc) is 2.67. The van der Waals surface area contributed by atoms with Crippen molar-refractivity contribution in [3.63, 3.8) is 0 Å². The lowest BCUT2D eigenvalue weighted by atomic mass is 10.2.